The summed E-state index contributed by atoms with van der Waals surface area (Å²) in [4.78, 5) is 11.7. The fourth-order valence-electron chi connectivity index (χ4n) is 2.16. The van der Waals surface area contributed by atoms with E-state index in [9.17, 15) is 13.2 Å². The summed E-state index contributed by atoms with van der Waals surface area (Å²) < 4.78 is 31.9. The summed E-state index contributed by atoms with van der Waals surface area (Å²) in [7, 11) is -3.56. The second kappa shape index (κ2) is 7.28. The van der Waals surface area contributed by atoms with Gasteiger partial charge in [0.15, 0.2) is 0 Å². The van der Waals surface area contributed by atoms with Gasteiger partial charge in [-0.05, 0) is 37.6 Å². The monoisotopic (exact) mass is 333 g/mol. The molecular weight excluding hydrogens is 314 g/mol. The third-order valence-corrected chi connectivity index (χ3v) is 4.35. The Morgan fingerprint density at radius 3 is 2.57 bits per heavy atom. The molecule has 0 atom stereocenters. The van der Waals surface area contributed by atoms with Crippen LogP contribution in [0.1, 0.15) is 28.4 Å². The van der Waals surface area contributed by atoms with E-state index in [2.05, 4.69) is 4.72 Å². The van der Waals surface area contributed by atoms with Crippen LogP contribution in [-0.2, 0) is 20.5 Å². The molecule has 122 valence electrons. The number of aryl methyl sites for hydroxylation is 1. The minimum absolute atomic E-state index is 0.127. The molecule has 0 bridgehead atoms. The van der Waals surface area contributed by atoms with Crippen molar-refractivity contribution in [3.8, 4) is 0 Å². The quantitative estimate of drug-likeness (QED) is 0.825. The predicted octanol–water partition coefficient (Wildman–Crippen LogP) is 3.11. The Labute approximate surface area is 136 Å². The Balaban J connectivity index is 2.14. The van der Waals surface area contributed by atoms with Crippen LogP contribution in [0, 0.1) is 6.92 Å². The SMILES string of the molecule is CCOC(=O)c1cccc(NS(=O)(=O)Cc2cccc(C)c2)c1. The fourth-order valence-corrected chi connectivity index (χ4v) is 3.34. The topological polar surface area (TPSA) is 72.5 Å². The highest BCUT2D eigenvalue weighted by Gasteiger charge is 2.13. The molecule has 0 aliphatic rings. The van der Waals surface area contributed by atoms with Gasteiger partial charge in [0.2, 0.25) is 10.0 Å². The normalized spacial score (nSPS) is 11.0. The van der Waals surface area contributed by atoms with Crippen molar-refractivity contribution in [3.05, 3.63) is 65.2 Å². The number of ether oxygens (including phenoxy) is 1. The Morgan fingerprint density at radius 1 is 1.13 bits per heavy atom. The number of anilines is 1. The number of hydrogen-bond acceptors (Lipinski definition) is 4. The van der Waals surface area contributed by atoms with Crippen LogP contribution in [0.4, 0.5) is 5.69 Å². The van der Waals surface area contributed by atoms with Gasteiger partial charge >= 0.3 is 5.97 Å². The molecule has 0 aliphatic carbocycles. The number of sulfonamides is 1. The van der Waals surface area contributed by atoms with Crippen LogP contribution in [0.2, 0.25) is 0 Å². The molecule has 0 heterocycles. The number of carbonyl (C=O) groups excluding carboxylic acids is 1. The average molecular weight is 333 g/mol. The summed E-state index contributed by atoms with van der Waals surface area (Å²) >= 11 is 0. The Bertz CT molecular complexity index is 800. The molecule has 2 aromatic rings. The first-order valence-electron chi connectivity index (χ1n) is 7.23. The van der Waals surface area contributed by atoms with Gasteiger partial charge in [-0.15, -0.1) is 0 Å². The Hall–Kier alpha value is -2.34. The summed E-state index contributed by atoms with van der Waals surface area (Å²) in [6, 6.07) is 13.6. The zero-order valence-corrected chi connectivity index (χ0v) is 13.9. The minimum Gasteiger partial charge on any atom is -0.462 e. The molecule has 0 aromatic heterocycles. The molecule has 0 spiro atoms. The van der Waals surface area contributed by atoms with Gasteiger partial charge in [-0.3, -0.25) is 4.72 Å². The van der Waals surface area contributed by atoms with Crippen LogP contribution in [0.3, 0.4) is 0 Å². The molecule has 2 rings (SSSR count). The third-order valence-electron chi connectivity index (χ3n) is 3.09. The lowest BCUT2D eigenvalue weighted by Crippen LogP contribution is -2.15. The smallest absolute Gasteiger partial charge is 0.338 e. The van der Waals surface area contributed by atoms with E-state index < -0.39 is 16.0 Å². The van der Waals surface area contributed by atoms with E-state index in [4.69, 9.17) is 4.74 Å². The van der Waals surface area contributed by atoms with Crippen molar-refractivity contribution in [1.29, 1.82) is 0 Å². The summed E-state index contributed by atoms with van der Waals surface area (Å²) in [6.07, 6.45) is 0. The molecule has 0 fully saturated rings. The van der Waals surface area contributed by atoms with Crippen molar-refractivity contribution in [1.82, 2.24) is 0 Å². The molecule has 1 N–H and O–H groups in total. The van der Waals surface area contributed by atoms with Crippen LogP contribution in [-0.4, -0.2) is 21.0 Å². The molecular formula is C17H19NO4S. The van der Waals surface area contributed by atoms with Crippen molar-refractivity contribution in [2.45, 2.75) is 19.6 Å². The number of esters is 1. The molecule has 0 saturated carbocycles. The first kappa shape index (κ1) is 17.0. The van der Waals surface area contributed by atoms with Crippen molar-refractivity contribution in [2.75, 3.05) is 11.3 Å². The van der Waals surface area contributed by atoms with Crippen LogP contribution < -0.4 is 4.72 Å². The highest BCUT2D eigenvalue weighted by atomic mass is 32.2. The lowest BCUT2D eigenvalue weighted by molar-refractivity contribution is 0.0526. The van der Waals surface area contributed by atoms with Crippen molar-refractivity contribution in [2.24, 2.45) is 0 Å². The zero-order chi connectivity index (χ0) is 16.9. The summed E-state index contributed by atoms with van der Waals surface area (Å²) in [5, 5.41) is 0. The first-order valence-corrected chi connectivity index (χ1v) is 8.88. The van der Waals surface area contributed by atoms with E-state index in [1.165, 1.54) is 6.07 Å². The van der Waals surface area contributed by atoms with E-state index in [1.807, 2.05) is 25.1 Å². The lowest BCUT2D eigenvalue weighted by Gasteiger charge is -2.10. The van der Waals surface area contributed by atoms with E-state index in [0.29, 0.717) is 16.8 Å². The van der Waals surface area contributed by atoms with Gasteiger partial charge in [-0.2, -0.15) is 0 Å². The van der Waals surface area contributed by atoms with E-state index in [-0.39, 0.29) is 12.4 Å². The minimum atomic E-state index is -3.56. The van der Waals surface area contributed by atoms with E-state index >= 15 is 0 Å². The van der Waals surface area contributed by atoms with Gasteiger partial charge in [-0.1, -0.05) is 35.9 Å². The molecule has 0 radical (unpaired) electrons. The van der Waals surface area contributed by atoms with Crippen LogP contribution >= 0.6 is 0 Å². The third kappa shape index (κ3) is 5.10. The van der Waals surface area contributed by atoms with Gasteiger partial charge in [0.1, 0.15) is 0 Å². The number of nitrogens with one attached hydrogen (secondary N) is 1. The van der Waals surface area contributed by atoms with Gasteiger partial charge in [0.05, 0.1) is 17.9 Å². The number of hydrogen-bond donors (Lipinski definition) is 1. The molecule has 0 aliphatic heterocycles. The van der Waals surface area contributed by atoms with Crippen molar-refractivity contribution in [3.63, 3.8) is 0 Å². The maximum atomic E-state index is 12.3. The van der Waals surface area contributed by atoms with Crippen LogP contribution in [0.5, 0.6) is 0 Å². The predicted molar refractivity (Wildman–Crippen MR) is 89.8 cm³/mol. The molecule has 0 unspecified atom stereocenters. The maximum Gasteiger partial charge on any atom is 0.338 e. The standard InChI is InChI=1S/C17H19NO4S/c1-3-22-17(19)15-8-5-9-16(11-15)18-23(20,21)12-14-7-4-6-13(2)10-14/h4-11,18H,3,12H2,1-2H3. The number of rotatable bonds is 6. The Morgan fingerprint density at radius 2 is 1.87 bits per heavy atom. The van der Waals surface area contributed by atoms with E-state index in [0.717, 1.165) is 5.56 Å². The average Bonchev–Trinajstić information content (AvgIpc) is 2.46. The largest absolute Gasteiger partial charge is 0.462 e. The molecule has 6 heteroatoms. The van der Waals surface area contributed by atoms with Crippen molar-refractivity contribution >= 4 is 21.7 Å². The van der Waals surface area contributed by atoms with E-state index in [1.54, 1.807) is 31.2 Å². The summed E-state index contributed by atoms with van der Waals surface area (Å²) in [5.74, 6) is -0.606. The van der Waals surface area contributed by atoms with Crippen LogP contribution in [0.15, 0.2) is 48.5 Å². The fraction of sp³-hybridized carbons (Fsp3) is 0.235. The highest BCUT2D eigenvalue weighted by molar-refractivity contribution is 7.91. The van der Waals surface area contributed by atoms with Gasteiger partial charge in [0, 0.05) is 5.69 Å². The Kier molecular flexibility index (Phi) is 5.39. The second-order valence-corrected chi connectivity index (χ2v) is 6.87. The maximum absolute atomic E-state index is 12.3. The van der Waals surface area contributed by atoms with Gasteiger partial charge < -0.3 is 4.74 Å². The number of carbonyl (C=O) groups is 1. The van der Waals surface area contributed by atoms with Gasteiger partial charge in [-0.25, -0.2) is 13.2 Å². The molecule has 0 amide bonds. The molecule has 2 aromatic carbocycles. The molecule has 0 saturated heterocycles. The summed E-state index contributed by atoms with van der Waals surface area (Å²) in [6.45, 7) is 3.89. The van der Waals surface area contributed by atoms with Crippen molar-refractivity contribution < 1.29 is 17.9 Å². The second-order valence-electron chi connectivity index (χ2n) is 5.15. The van der Waals surface area contributed by atoms with Gasteiger partial charge in [0.25, 0.3) is 0 Å². The lowest BCUT2D eigenvalue weighted by atomic mass is 10.2. The van der Waals surface area contributed by atoms with Crippen LogP contribution in [0.25, 0.3) is 0 Å². The first-order chi connectivity index (χ1) is 10.9. The molecule has 5 nitrogen and oxygen atoms in total. The summed E-state index contributed by atoms with van der Waals surface area (Å²) in [5.41, 5.74) is 2.35. The number of benzene rings is 2. The molecule has 23 heavy (non-hydrogen) atoms. The zero-order valence-electron chi connectivity index (χ0n) is 13.1. The highest BCUT2D eigenvalue weighted by Crippen LogP contribution is 2.16.